The minimum Gasteiger partial charge on any atom is -0.289 e. The van der Waals surface area contributed by atoms with E-state index in [0.717, 1.165) is 0 Å². The van der Waals surface area contributed by atoms with Gasteiger partial charge in [-0.15, -0.1) is 0 Å². The second-order valence-corrected chi connectivity index (χ2v) is 3.64. The smallest absolute Gasteiger partial charge is 0.193 e. The zero-order valence-electron chi connectivity index (χ0n) is 7.98. The molecule has 74 valence electrons. The van der Waals surface area contributed by atoms with Crippen LogP contribution in [-0.4, -0.2) is 5.78 Å². The molecule has 0 bridgehead atoms. The van der Waals surface area contributed by atoms with E-state index in [9.17, 15) is 4.79 Å². The molecule has 1 nitrogen and oxygen atoms in total. The lowest BCUT2D eigenvalue weighted by atomic mass is 10.0. The molecule has 0 aromatic heterocycles. The van der Waals surface area contributed by atoms with Crippen LogP contribution in [0.1, 0.15) is 15.9 Å². The van der Waals surface area contributed by atoms with Gasteiger partial charge in [0, 0.05) is 16.1 Å². The molecule has 0 fully saturated rings. The number of benzene rings is 2. The van der Waals surface area contributed by atoms with Gasteiger partial charge in [0.05, 0.1) is 0 Å². The van der Waals surface area contributed by atoms with Crippen LogP contribution >= 0.6 is 11.6 Å². The molecule has 0 saturated heterocycles. The average molecular weight is 217 g/mol. The largest absolute Gasteiger partial charge is 0.289 e. The van der Waals surface area contributed by atoms with Gasteiger partial charge in [0.15, 0.2) is 5.78 Å². The van der Waals surface area contributed by atoms with Gasteiger partial charge >= 0.3 is 0 Å². The Labute approximate surface area is 93.3 Å². The number of carbonyl (C=O) groups is 1. The highest BCUT2D eigenvalue weighted by atomic mass is 35.5. The summed E-state index contributed by atoms with van der Waals surface area (Å²) in [4.78, 5) is 11.9. The Morgan fingerprint density at radius 2 is 1.53 bits per heavy atom. The van der Waals surface area contributed by atoms with E-state index in [4.69, 9.17) is 11.6 Å². The van der Waals surface area contributed by atoms with Crippen molar-refractivity contribution in [3.63, 3.8) is 0 Å². The number of hydrogen-bond acceptors (Lipinski definition) is 1. The number of hydrogen-bond donors (Lipinski definition) is 0. The van der Waals surface area contributed by atoms with E-state index < -0.39 is 0 Å². The minimum atomic E-state index is -0.00176. The maximum absolute atomic E-state index is 11.9. The van der Waals surface area contributed by atoms with Crippen molar-refractivity contribution in [1.82, 2.24) is 0 Å². The molecule has 2 aromatic rings. The van der Waals surface area contributed by atoms with Gasteiger partial charge in [-0.25, -0.2) is 0 Å². The van der Waals surface area contributed by atoms with E-state index in [1.54, 1.807) is 36.4 Å². The first-order valence-electron chi connectivity index (χ1n) is 4.63. The number of rotatable bonds is 2. The maximum atomic E-state index is 11.9. The van der Waals surface area contributed by atoms with Crippen LogP contribution in [0.5, 0.6) is 0 Å². The lowest BCUT2D eigenvalue weighted by Gasteiger charge is -2.00. The number of carbonyl (C=O) groups excluding carboxylic acids is 1. The molecule has 0 heterocycles. The first kappa shape index (κ1) is 9.94. The van der Waals surface area contributed by atoms with E-state index in [-0.39, 0.29) is 5.78 Å². The summed E-state index contributed by atoms with van der Waals surface area (Å²) in [7, 11) is 0. The van der Waals surface area contributed by atoms with E-state index >= 15 is 0 Å². The summed E-state index contributed by atoms with van der Waals surface area (Å²) in [5.41, 5.74) is 1.30. The fourth-order valence-corrected chi connectivity index (χ4v) is 1.58. The average Bonchev–Trinajstić information content (AvgIpc) is 2.29. The molecule has 0 spiro atoms. The monoisotopic (exact) mass is 216 g/mol. The summed E-state index contributed by atoms with van der Waals surface area (Å²) in [6.45, 7) is 0. The van der Waals surface area contributed by atoms with Crippen molar-refractivity contribution in [2.45, 2.75) is 0 Å². The normalized spacial score (nSPS) is 9.93. The SMILES string of the molecule is O=C(c1ccccc1)c1cccc(Cl)c1. The molecule has 2 aromatic carbocycles. The zero-order chi connectivity index (χ0) is 10.7. The van der Waals surface area contributed by atoms with Crippen molar-refractivity contribution in [1.29, 1.82) is 0 Å². The van der Waals surface area contributed by atoms with Gasteiger partial charge in [0.25, 0.3) is 0 Å². The first-order valence-corrected chi connectivity index (χ1v) is 5.00. The fourth-order valence-electron chi connectivity index (χ4n) is 1.39. The fraction of sp³-hybridized carbons (Fsp3) is 0. The Hall–Kier alpha value is -1.60. The second-order valence-electron chi connectivity index (χ2n) is 3.21. The van der Waals surface area contributed by atoms with Gasteiger partial charge in [0.2, 0.25) is 0 Å². The van der Waals surface area contributed by atoms with Crippen LogP contribution in [0.4, 0.5) is 0 Å². The summed E-state index contributed by atoms with van der Waals surface area (Å²) in [6.07, 6.45) is 0. The van der Waals surface area contributed by atoms with Crippen LogP contribution in [0, 0.1) is 0 Å². The number of ketones is 1. The Morgan fingerprint density at radius 3 is 2.20 bits per heavy atom. The maximum Gasteiger partial charge on any atom is 0.193 e. The van der Waals surface area contributed by atoms with Gasteiger partial charge in [-0.05, 0) is 12.1 Å². The molecule has 15 heavy (non-hydrogen) atoms. The third-order valence-electron chi connectivity index (χ3n) is 2.12. The highest BCUT2D eigenvalue weighted by molar-refractivity contribution is 6.31. The minimum absolute atomic E-state index is 0.00176. The molecule has 2 rings (SSSR count). The molecule has 0 unspecified atom stereocenters. The zero-order valence-corrected chi connectivity index (χ0v) is 8.74. The lowest BCUT2D eigenvalue weighted by molar-refractivity contribution is 0.103. The third-order valence-corrected chi connectivity index (χ3v) is 2.36. The molecule has 0 amide bonds. The summed E-state index contributed by atoms with van der Waals surface area (Å²) < 4.78 is 0. The topological polar surface area (TPSA) is 17.1 Å². The molecular weight excluding hydrogens is 208 g/mol. The molecule has 0 aliphatic rings. The van der Waals surface area contributed by atoms with Crippen LogP contribution < -0.4 is 0 Å². The van der Waals surface area contributed by atoms with Gasteiger partial charge < -0.3 is 0 Å². The van der Waals surface area contributed by atoms with Crippen molar-refractivity contribution >= 4 is 17.4 Å². The molecule has 0 aliphatic heterocycles. The first-order chi connectivity index (χ1) is 7.27. The van der Waals surface area contributed by atoms with Crippen LogP contribution in [0.15, 0.2) is 54.6 Å². The summed E-state index contributed by atoms with van der Waals surface area (Å²) in [6, 6.07) is 16.1. The molecule has 0 atom stereocenters. The molecule has 2 heteroatoms. The van der Waals surface area contributed by atoms with Crippen molar-refractivity contribution in [2.75, 3.05) is 0 Å². The van der Waals surface area contributed by atoms with Crippen LogP contribution in [0.25, 0.3) is 0 Å². The van der Waals surface area contributed by atoms with E-state index in [2.05, 4.69) is 0 Å². The molecule has 0 N–H and O–H groups in total. The highest BCUT2D eigenvalue weighted by Gasteiger charge is 2.07. The second kappa shape index (κ2) is 4.28. The van der Waals surface area contributed by atoms with Gasteiger partial charge in [0.1, 0.15) is 0 Å². The standard InChI is InChI=1S/C13H9ClO/c14-12-8-4-7-11(9-12)13(15)10-5-2-1-3-6-10/h1-9H. The van der Waals surface area contributed by atoms with Crippen LogP contribution in [-0.2, 0) is 0 Å². The summed E-state index contributed by atoms with van der Waals surface area (Å²) in [5, 5.41) is 0.580. The summed E-state index contributed by atoms with van der Waals surface area (Å²) in [5.74, 6) is -0.00176. The van der Waals surface area contributed by atoms with Gasteiger partial charge in [-0.3, -0.25) is 4.79 Å². The Morgan fingerprint density at radius 1 is 0.867 bits per heavy atom. The molecule has 0 saturated carbocycles. The van der Waals surface area contributed by atoms with Crippen molar-refractivity contribution in [3.8, 4) is 0 Å². The molecular formula is C13H9ClO. The molecule has 0 aliphatic carbocycles. The molecule has 0 radical (unpaired) electrons. The Balaban J connectivity index is 2.37. The number of halogens is 1. The van der Waals surface area contributed by atoms with Crippen molar-refractivity contribution < 1.29 is 4.79 Å². The van der Waals surface area contributed by atoms with E-state index in [1.165, 1.54) is 0 Å². The van der Waals surface area contributed by atoms with E-state index in [1.807, 2.05) is 18.2 Å². The van der Waals surface area contributed by atoms with Crippen LogP contribution in [0.3, 0.4) is 0 Å². The highest BCUT2D eigenvalue weighted by Crippen LogP contribution is 2.14. The van der Waals surface area contributed by atoms with E-state index in [0.29, 0.717) is 16.1 Å². The Bertz CT molecular complexity index is 477. The van der Waals surface area contributed by atoms with Crippen molar-refractivity contribution in [2.24, 2.45) is 0 Å². The third kappa shape index (κ3) is 2.25. The van der Waals surface area contributed by atoms with Gasteiger partial charge in [-0.2, -0.15) is 0 Å². The summed E-state index contributed by atoms with van der Waals surface area (Å²) >= 11 is 5.82. The Kier molecular flexibility index (Phi) is 2.84. The lowest BCUT2D eigenvalue weighted by Crippen LogP contribution is -2.00. The predicted molar refractivity (Wildman–Crippen MR) is 61.3 cm³/mol. The van der Waals surface area contributed by atoms with Gasteiger partial charge in [-0.1, -0.05) is 54.1 Å². The van der Waals surface area contributed by atoms with Crippen LogP contribution in [0.2, 0.25) is 5.02 Å². The quantitative estimate of drug-likeness (QED) is 0.702. The predicted octanol–water partition coefficient (Wildman–Crippen LogP) is 3.57. The van der Waals surface area contributed by atoms with Crippen molar-refractivity contribution in [3.05, 3.63) is 70.7 Å².